The number of hydrogen-bond acceptors (Lipinski definition) is 15. The van der Waals surface area contributed by atoms with Crippen LogP contribution >= 0.6 is 0 Å². The monoisotopic (exact) mass is 858 g/mol. The molecule has 0 aromatic carbocycles. The topological polar surface area (TPSA) is 292 Å². The third-order valence-corrected chi connectivity index (χ3v) is 12.2. The Hall–Kier alpha value is -2.82. The van der Waals surface area contributed by atoms with Crippen LogP contribution in [-0.2, 0) is 28.5 Å². The van der Waals surface area contributed by atoms with E-state index in [1.165, 1.54) is 44.9 Å². The van der Waals surface area contributed by atoms with Crippen molar-refractivity contribution in [2.45, 2.75) is 203 Å². The average molecular weight is 859 g/mol. The van der Waals surface area contributed by atoms with E-state index in [4.69, 9.17) is 18.9 Å². The molecule has 344 valence electrons. The minimum Gasteiger partial charge on any atom is -0.394 e. The Morgan fingerprint density at radius 2 is 1.32 bits per heavy atom. The first-order chi connectivity index (χ1) is 28.6. The second-order valence-electron chi connectivity index (χ2n) is 17.0. The van der Waals surface area contributed by atoms with E-state index < -0.39 is 121 Å². The highest BCUT2D eigenvalue weighted by atomic mass is 16.8. The van der Waals surface area contributed by atoms with E-state index in [0.717, 1.165) is 55.4 Å². The van der Waals surface area contributed by atoms with Crippen LogP contribution in [0.2, 0.25) is 0 Å². The number of aromatic amines is 1. The highest BCUT2D eigenvalue weighted by Crippen LogP contribution is 2.37. The van der Waals surface area contributed by atoms with Gasteiger partial charge >= 0.3 is 5.69 Å². The minimum atomic E-state index is -1.71. The maximum Gasteiger partial charge on any atom is 0.330 e. The fraction of sp³-hybridized carbons (Fsp3) is 0.854. The summed E-state index contributed by atoms with van der Waals surface area (Å²) >= 11 is 0. The Morgan fingerprint density at radius 3 is 1.88 bits per heavy atom. The van der Waals surface area contributed by atoms with Gasteiger partial charge in [-0.05, 0) is 24.7 Å². The summed E-state index contributed by atoms with van der Waals surface area (Å²) < 4.78 is 24.9. The summed E-state index contributed by atoms with van der Waals surface area (Å²) in [6.07, 6.45) is -3.72. The Kier molecular flexibility index (Phi) is 20.0. The van der Waals surface area contributed by atoms with Crippen LogP contribution in [0.4, 0.5) is 0 Å². The summed E-state index contributed by atoms with van der Waals surface area (Å²) in [5, 5.41) is 81.1. The molecule has 1 aromatic heterocycles. The number of aliphatic hydroxyl groups is 7. The van der Waals surface area contributed by atoms with E-state index >= 15 is 0 Å². The summed E-state index contributed by atoms with van der Waals surface area (Å²) in [5.74, 6) is -1.01. The Morgan fingerprint density at radius 1 is 0.767 bits per heavy atom. The molecule has 19 heteroatoms. The standard InChI is InChI=1S/C41H70N4O15/c1-5-22(2)16-14-12-10-8-6-7-9-11-13-15-17-27(48)43-30-34(53)31(50)25(57-40(30)60-39-29(42-24(4)47)33(52)32(51)26(21-46)58-39)20-23(3)37-35(54)36(55)38(59-37)45-19-18-28(49)44-41(45)56/h18-19,22-23,25-26,29-40,46,50-55H,5-17,20-21H2,1-4H3,(H,42,47)(H,43,48)(H,44,49,56)/t22?,23-,25-,26+,29-,30-,31+,32+,33-,34-,35+,36-,37-,38-,39+,40+/m1/s1. The number of nitrogens with zero attached hydrogens (tertiary/aromatic N) is 1. The zero-order chi connectivity index (χ0) is 44.1. The van der Waals surface area contributed by atoms with Crippen molar-refractivity contribution >= 4 is 11.8 Å². The molecule has 0 radical (unpaired) electrons. The van der Waals surface area contributed by atoms with Gasteiger partial charge in [-0.1, -0.05) is 91.4 Å². The molecule has 3 saturated heterocycles. The van der Waals surface area contributed by atoms with Crippen LogP contribution in [0.1, 0.15) is 124 Å². The summed E-state index contributed by atoms with van der Waals surface area (Å²) in [6.45, 7) is 6.57. The average Bonchev–Trinajstić information content (AvgIpc) is 3.50. The summed E-state index contributed by atoms with van der Waals surface area (Å²) in [6, 6.07) is -1.75. The van der Waals surface area contributed by atoms with Gasteiger partial charge in [0.1, 0.15) is 54.8 Å². The van der Waals surface area contributed by atoms with Crippen LogP contribution < -0.4 is 21.9 Å². The van der Waals surface area contributed by atoms with Gasteiger partial charge in [-0.2, -0.15) is 0 Å². The van der Waals surface area contributed by atoms with Crippen LogP contribution in [0.3, 0.4) is 0 Å². The van der Waals surface area contributed by atoms with Crippen LogP contribution in [-0.4, -0.2) is 143 Å². The van der Waals surface area contributed by atoms with Crippen LogP contribution in [0.25, 0.3) is 0 Å². The molecule has 10 N–H and O–H groups in total. The predicted octanol–water partition coefficient (Wildman–Crippen LogP) is -0.199. The molecule has 2 amide bonds. The van der Waals surface area contributed by atoms with Crippen molar-refractivity contribution in [2.75, 3.05) is 6.61 Å². The lowest BCUT2D eigenvalue weighted by Crippen LogP contribution is -2.68. The molecular weight excluding hydrogens is 788 g/mol. The number of amides is 2. The van der Waals surface area contributed by atoms with Gasteiger partial charge in [0.2, 0.25) is 11.8 Å². The van der Waals surface area contributed by atoms with E-state index in [2.05, 4.69) is 29.5 Å². The summed E-state index contributed by atoms with van der Waals surface area (Å²) in [7, 11) is 0. The van der Waals surface area contributed by atoms with Gasteiger partial charge in [0.05, 0.1) is 18.8 Å². The Labute approximate surface area is 350 Å². The molecule has 0 bridgehead atoms. The highest BCUT2D eigenvalue weighted by molar-refractivity contribution is 5.76. The Bertz CT molecular complexity index is 1580. The van der Waals surface area contributed by atoms with E-state index in [9.17, 15) is 54.9 Å². The molecule has 4 heterocycles. The lowest BCUT2D eigenvalue weighted by molar-refractivity contribution is -0.346. The number of nitrogens with one attached hydrogen (secondary N) is 3. The van der Waals surface area contributed by atoms with Crippen molar-refractivity contribution in [3.8, 4) is 0 Å². The van der Waals surface area contributed by atoms with E-state index in [1.807, 2.05) is 0 Å². The predicted molar refractivity (Wildman–Crippen MR) is 215 cm³/mol. The molecule has 1 aromatic rings. The smallest absolute Gasteiger partial charge is 0.330 e. The van der Waals surface area contributed by atoms with E-state index in [0.29, 0.717) is 6.42 Å². The molecule has 0 spiro atoms. The number of ether oxygens (including phenoxy) is 4. The third-order valence-electron chi connectivity index (χ3n) is 12.2. The molecule has 60 heavy (non-hydrogen) atoms. The molecule has 4 rings (SSSR count). The van der Waals surface area contributed by atoms with Crippen molar-refractivity contribution in [3.63, 3.8) is 0 Å². The quantitative estimate of drug-likeness (QED) is 0.0638. The maximum atomic E-state index is 13.3. The van der Waals surface area contributed by atoms with Gasteiger partial charge in [0.25, 0.3) is 5.56 Å². The first-order valence-corrected chi connectivity index (χ1v) is 21.8. The van der Waals surface area contributed by atoms with Gasteiger partial charge < -0.3 is 65.3 Å². The van der Waals surface area contributed by atoms with Gasteiger partial charge in [0.15, 0.2) is 18.8 Å². The molecule has 0 aliphatic carbocycles. The number of aliphatic hydroxyl groups excluding tert-OH is 7. The number of unbranched alkanes of at least 4 members (excludes halogenated alkanes) is 9. The van der Waals surface area contributed by atoms with Gasteiger partial charge in [0, 0.05) is 25.6 Å². The molecule has 3 fully saturated rings. The van der Waals surface area contributed by atoms with Gasteiger partial charge in [-0.15, -0.1) is 0 Å². The zero-order valence-electron chi connectivity index (χ0n) is 35.3. The maximum absolute atomic E-state index is 13.3. The molecule has 0 saturated carbocycles. The van der Waals surface area contributed by atoms with E-state index in [1.54, 1.807) is 6.92 Å². The highest BCUT2D eigenvalue weighted by Gasteiger charge is 2.53. The van der Waals surface area contributed by atoms with Crippen molar-refractivity contribution in [1.29, 1.82) is 0 Å². The van der Waals surface area contributed by atoms with Crippen molar-refractivity contribution < 1.29 is 64.3 Å². The third kappa shape index (κ3) is 13.6. The molecule has 3 aliphatic rings. The van der Waals surface area contributed by atoms with Crippen LogP contribution in [0, 0.1) is 11.8 Å². The molecule has 1 unspecified atom stereocenters. The van der Waals surface area contributed by atoms with Gasteiger partial charge in [-0.3, -0.25) is 23.9 Å². The van der Waals surface area contributed by atoms with Crippen LogP contribution in [0.15, 0.2) is 21.9 Å². The largest absolute Gasteiger partial charge is 0.394 e. The molecule has 19 nitrogen and oxygen atoms in total. The van der Waals surface area contributed by atoms with Gasteiger partial charge in [-0.25, -0.2) is 4.79 Å². The second kappa shape index (κ2) is 24.1. The Balaban J connectivity index is 1.40. The number of carbonyl (C=O) groups is 2. The van der Waals surface area contributed by atoms with E-state index in [-0.39, 0.29) is 12.8 Å². The van der Waals surface area contributed by atoms with Crippen LogP contribution in [0.5, 0.6) is 0 Å². The lowest BCUT2D eigenvalue weighted by atomic mass is 9.87. The second-order valence-corrected chi connectivity index (χ2v) is 17.0. The number of carbonyl (C=O) groups excluding carboxylic acids is 2. The van der Waals surface area contributed by atoms with Crippen molar-refractivity contribution in [2.24, 2.45) is 11.8 Å². The fourth-order valence-corrected chi connectivity index (χ4v) is 8.28. The van der Waals surface area contributed by atoms with Crippen molar-refractivity contribution in [1.82, 2.24) is 20.2 Å². The SMILES string of the molecule is CCC(C)CCCCCCCCCCCCC(=O)N[C@H]1[C@H](O[C@@H]2O[C@@H](CO)[C@H](O)[C@H](O)[C@H]2NC(C)=O)O[C@H](C[C@@H](C)[C@H]2O[C@@H](n3ccc(=O)[nH]c3=O)[C@H](O)[C@@H]2O)[C@H](O)[C@@H]1O. The zero-order valence-corrected chi connectivity index (χ0v) is 35.3. The number of rotatable bonds is 23. The van der Waals surface area contributed by atoms with Crippen molar-refractivity contribution in [3.05, 3.63) is 33.1 Å². The first-order valence-electron chi connectivity index (χ1n) is 21.8. The minimum absolute atomic E-state index is 0.105. The fourth-order valence-electron chi connectivity index (χ4n) is 8.28. The normalized spacial score (nSPS) is 34.2. The summed E-state index contributed by atoms with van der Waals surface area (Å²) in [5.41, 5.74) is -1.54. The number of hydrogen-bond donors (Lipinski definition) is 10. The summed E-state index contributed by atoms with van der Waals surface area (Å²) in [4.78, 5) is 51.5. The lowest BCUT2D eigenvalue weighted by Gasteiger charge is -2.47. The molecule has 16 atom stereocenters. The first kappa shape index (κ1) is 49.8. The number of aromatic nitrogens is 2. The molecular formula is C41H70N4O15. The molecule has 3 aliphatic heterocycles. The number of H-pyrrole nitrogens is 1.